The van der Waals surface area contributed by atoms with E-state index in [1.54, 1.807) is 12.7 Å². The van der Waals surface area contributed by atoms with E-state index in [1.807, 2.05) is 0 Å². The van der Waals surface area contributed by atoms with Crippen LogP contribution in [-0.4, -0.2) is 13.7 Å². The van der Waals surface area contributed by atoms with Crippen molar-refractivity contribution < 1.29 is 4.74 Å². The van der Waals surface area contributed by atoms with Crippen molar-refractivity contribution in [3.05, 3.63) is 29.3 Å². The molecule has 2 aliphatic rings. The Hall–Kier alpha value is -1.02. The van der Waals surface area contributed by atoms with Crippen LogP contribution in [0.3, 0.4) is 0 Å². The lowest BCUT2D eigenvalue weighted by molar-refractivity contribution is 0.411. The third-order valence-electron chi connectivity index (χ3n) is 3.62. The maximum absolute atomic E-state index is 5.26. The highest BCUT2D eigenvalue weighted by Crippen LogP contribution is 2.44. The molecule has 0 saturated heterocycles. The molecule has 1 aliphatic carbocycles. The van der Waals surface area contributed by atoms with Crippen molar-refractivity contribution >= 4 is 0 Å². The van der Waals surface area contributed by atoms with Crippen LogP contribution in [0.1, 0.15) is 29.9 Å². The molecule has 0 aromatic heterocycles. The summed E-state index contributed by atoms with van der Waals surface area (Å²) in [7, 11) is 1.73. The van der Waals surface area contributed by atoms with Crippen LogP contribution in [0.25, 0.3) is 0 Å². The Morgan fingerprint density at radius 2 is 2.20 bits per heavy atom. The smallest absolute Gasteiger partial charge is 0.119 e. The van der Waals surface area contributed by atoms with Crippen molar-refractivity contribution in [1.29, 1.82) is 0 Å². The molecule has 2 heteroatoms. The molecule has 15 heavy (non-hydrogen) atoms. The van der Waals surface area contributed by atoms with Crippen molar-refractivity contribution in [2.75, 3.05) is 13.7 Å². The zero-order chi connectivity index (χ0) is 10.3. The van der Waals surface area contributed by atoms with Crippen LogP contribution in [0.2, 0.25) is 0 Å². The van der Waals surface area contributed by atoms with Gasteiger partial charge in [-0.2, -0.15) is 0 Å². The van der Waals surface area contributed by atoms with Gasteiger partial charge in [0.05, 0.1) is 7.11 Å². The van der Waals surface area contributed by atoms with Crippen LogP contribution < -0.4 is 10.1 Å². The van der Waals surface area contributed by atoms with Crippen LogP contribution in [0.5, 0.6) is 5.75 Å². The summed E-state index contributed by atoms with van der Waals surface area (Å²) in [5.41, 5.74) is 2.98. The Labute approximate surface area is 90.6 Å². The fourth-order valence-electron chi connectivity index (χ4n) is 2.62. The van der Waals surface area contributed by atoms with Gasteiger partial charge in [0.25, 0.3) is 0 Å². The van der Waals surface area contributed by atoms with E-state index in [2.05, 4.69) is 23.5 Å². The van der Waals surface area contributed by atoms with Crippen molar-refractivity contribution in [3.8, 4) is 5.75 Å². The summed E-state index contributed by atoms with van der Waals surface area (Å²) >= 11 is 0. The standard InChI is InChI=1S/C13H17NO/c1-15-11-4-5-12-10(6-11)7-14-8-13(12)9-2-3-9/h4-6,9,13-14H,2-3,7-8H2,1H3. The molecule has 2 nitrogen and oxygen atoms in total. The maximum Gasteiger partial charge on any atom is 0.119 e. The number of hydrogen-bond acceptors (Lipinski definition) is 2. The van der Waals surface area contributed by atoms with Gasteiger partial charge in [0.1, 0.15) is 5.75 Å². The molecule has 3 rings (SSSR count). The van der Waals surface area contributed by atoms with Crippen molar-refractivity contribution in [3.63, 3.8) is 0 Å². The lowest BCUT2D eigenvalue weighted by atomic mass is 9.87. The number of ether oxygens (including phenoxy) is 1. The summed E-state index contributed by atoms with van der Waals surface area (Å²) in [5, 5.41) is 3.51. The zero-order valence-corrected chi connectivity index (χ0v) is 9.12. The molecule has 0 radical (unpaired) electrons. The molecular formula is C13H17NO. The Morgan fingerprint density at radius 3 is 2.93 bits per heavy atom. The van der Waals surface area contributed by atoms with Gasteiger partial charge >= 0.3 is 0 Å². The molecular weight excluding hydrogens is 186 g/mol. The molecule has 1 aromatic carbocycles. The highest BCUT2D eigenvalue weighted by molar-refractivity contribution is 5.40. The predicted octanol–water partition coefficient (Wildman–Crippen LogP) is 2.29. The molecule has 1 heterocycles. The SMILES string of the molecule is COc1ccc2c(c1)CNCC2C1CC1. The second-order valence-corrected chi connectivity index (χ2v) is 4.64. The van der Waals surface area contributed by atoms with Crippen molar-refractivity contribution in [2.24, 2.45) is 5.92 Å². The van der Waals surface area contributed by atoms with Gasteiger partial charge in [0.15, 0.2) is 0 Å². The Bertz CT molecular complexity index is 371. The van der Waals surface area contributed by atoms with Crippen LogP contribution in [-0.2, 0) is 6.54 Å². The van der Waals surface area contributed by atoms with Gasteiger partial charge in [-0.15, -0.1) is 0 Å². The molecule has 0 bridgehead atoms. The predicted molar refractivity (Wildman–Crippen MR) is 60.2 cm³/mol. The molecule has 1 aromatic rings. The fraction of sp³-hybridized carbons (Fsp3) is 0.538. The second kappa shape index (κ2) is 3.53. The highest BCUT2D eigenvalue weighted by Gasteiger charge is 2.34. The summed E-state index contributed by atoms with van der Waals surface area (Å²) in [6.45, 7) is 2.15. The van der Waals surface area contributed by atoms with Crippen molar-refractivity contribution in [2.45, 2.75) is 25.3 Å². The van der Waals surface area contributed by atoms with E-state index >= 15 is 0 Å². The normalized spacial score (nSPS) is 24.7. The summed E-state index contributed by atoms with van der Waals surface area (Å²) in [5.74, 6) is 2.66. The molecule has 1 fully saturated rings. The second-order valence-electron chi connectivity index (χ2n) is 4.64. The van der Waals surface area contributed by atoms with Crippen LogP contribution in [0, 0.1) is 5.92 Å². The van der Waals surface area contributed by atoms with Gasteiger partial charge in [0, 0.05) is 13.1 Å². The van der Waals surface area contributed by atoms with Gasteiger partial charge < -0.3 is 10.1 Å². The summed E-state index contributed by atoms with van der Waals surface area (Å²) < 4.78 is 5.26. The van der Waals surface area contributed by atoms with Crippen LogP contribution >= 0.6 is 0 Å². The van der Waals surface area contributed by atoms with Gasteiger partial charge in [0.2, 0.25) is 0 Å². The number of fused-ring (bicyclic) bond motifs is 1. The van der Waals surface area contributed by atoms with E-state index in [-0.39, 0.29) is 0 Å². The van der Waals surface area contributed by atoms with Gasteiger partial charge in [-0.1, -0.05) is 6.07 Å². The molecule has 80 valence electrons. The minimum atomic E-state index is 0.750. The van der Waals surface area contributed by atoms with Gasteiger partial charge in [-0.25, -0.2) is 0 Å². The molecule has 1 saturated carbocycles. The topological polar surface area (TPSA) is 21.3 Å². The minimum Gasteiger partial charge on any atom is -0.497 e. The summed E-state index contributed by atoms with van der Waals surface area (Å²) in [6, 6.07) is 6.54. The van der Waals surface area contributed by atoms with Crippen LogP contribution in [0.4, 0.5) is 0 Å². The van der Waals surface area contributed by atoms with Gasteiger partial charge in [-0.3, -0.25) is 0 Å². The molecule has 1 N–H and O–H groups in total. The number of benzene rings is 1. The van der Waals surface area contributed by atoms with E-state index in [9.17, 15) is 0 Å². The van der Waals surface area contributed by atoms with Crippen molar-refractivity contribution in [1.82, 2.24) is 5.32 Å². The molecule has 0 spiro atoms. The first-order valence-electron chi connectivity index (χ1n) is 5.76. The van der Waals surface area contributed by atoms with E-state index in [1.165, 1.54) is 18.4 Å². The molecule has 1 aliphatic heterocycles. The first-order valence-corrected chi connectivity index (χ1v) is 5.76. The number of methoxy groups -OCH3 is 1. The average molecular weight is 203 g/mol. The monoisotopic (exact) mass is 203 g/mol. The number of nitrogens with one attached hydrogen (secondary N) is 1. The third kappa shape index (κ3) is 1.63. The lowest BCUT2D eigenvalue weighted by Crippen LogP contribution is -2.29. The molecule has 1 unspecified atom stereocenters. The summed E-state index contributed by atoms with van der Waals surface area (Å²) in [4.78, 5) is 0. The number of hydrogen-bond donors (Lipinski definition) is 1. The van der Waals surface area contributed by atoms with E-state index in [0.717, 1.165) is 30.7 Å². The molecule has 1 atom stereocenters. The highest BCUT2D eigenvalue weighted by atomic mass is 16.5. The maximum atomic E-state index is 5.26. The number of rotatable bonds is 2. The Morgan fingerprint density at radius 1 is 1.33 bits per heavy atom. The molecule has 0 amide bonds. The van der Waals surface area contributed by atoms with E-state index in [4.69, 9.17) is 4.74 Å². The first kappa shape index (κ1) is 9.22. The Balaban J connectivity index is 1.96. The van der Waals surface area contributed by atoms with Crippen LogP contribution in [0.15, 0.2) is 18.2 Å². The lowest BCUT2D eigenvalue weighted by Gasteiger charge is -2.26. The average Bonchev–Trinajstić information content (AvgIpc) is 3.11. The van der Waals surface area contributed by atoms with Gasteiger partial charge in [-0.05, 0) is 47.9 Å². The van der Waals surface area contributed by atoms with E-state index < -0.39 is 0 Å². The van der Waals surface area contributed by atoms with E-state index in [0.29, 0.717) is 0 Å². The first-order chi connectivity index (χ1) is 7.38. The summed E-state index contributed by atoms with van der Waals surface area (Å²) in [6.07, 6.45) is 2.83. The minimum absolute atomic E-state index is 0.750. The Kier molecular flexibility index (Phi) is 2.17. The quantitative estimate of drug-likeness (QED) is 0.796. The zero-order valence-electron chi connectivity index (χ0n) is 9.12. The third-order valence-corrected chi connectivity index (χ3v) is 3.62. The largest absolute Gasteiger partial charge is 0.497 e. The fourth-order valence-corrected chi connectivity index (χ4v) is 2.62.